The second-order valence-corrected chi connectivity index (χ2v) is 7.60. The molecule has 3 nitrogen and oxygen atoms in total. The molecule has 6 heteroatoms. The fraction of sp³-hybridized carbons (Fsp3) is 0.600. The molecular weight excluding hydrogens is 329 g/mol. The quantitative estimate of drug-likeness (QED) is 0.900. The average Bonchev–Trinajstić information content (AvgIpc) is 2.89. The predicted molar refractivity (Wildman–Crippen MR) is 88.6 cm³/mol. The monoisotopic (exact) mass is 347 g/mol. The van der Waals surface area contributed by atoms with Crippen LogP contribution in [0.25, 0.3) is 0 Å². The first kappa shape index (κ1) is 15.8. The summed E-state index contributed by atoms with van der Waals surface area (Å²) in [5.41, 5.74) is 6.63. The van der Waals surface area contributed by atoms with E-state index in [2.05, 4.69) is 0 Å². The van der Waals surface area contributed by atoms with Crippen molar-refractivity contribution in [2.75, 3.05) is 18.1 Å². The Bertz CT molecular complexity index is 521. The molecule has 2 N–H and O–H groups in total. The van der Waals surface area contributed by atoms with Crippen molar-refractivity contribution in [3.05, 3.63) is 27.7 Å². The maximum atomic E-state index is 6.28. The first-order valence-corrected chi connectivity index (χ1v) is 9.09. The Labute approximate surface area is 139 Å². The molecule has 0 saturated carbocycles. The zero-order chi connectivity index (χ0) is 14.9. The number of ether oxygens (including phenoxy) is 2. The van der Waals surface area contributed by atoms with Crippen LogP contribution in [0.1, 0.15) is 24.8 Å². The fourth-order valence-corrected chi connectivity index (χ4v) is 4.97. The lowest BCUT2D eigenvalue weighted by atomic mass is 9.91. The van der Waals surface area contributed by atoms with E-state index < -0.39 is 0 Å². The average molecular weight is 348 g/mol. The van der Waals surface area contributed by atoms with Crippen molar-refractivity contribution >= 4 is 35.0 Å². The molecule has 2 aliphatic heterocycles. The highest BCUT2D eigenvalue weighted by atomic mass is 35.5. The molecule has 21 heavy (non-hydrogen) atoms. The Morgan fingerprint density at radius 2 is 2.29 bits per heavy atom. The summed E-state index contributed by atoms with van der Waals surface area (Å²) in [6, 6.07) is 3.53. The van der Waals surface area contributed by atoms with Crippen LogP contribution in [0, 0.1) is 0 Å². The molecule has 2 unspecified atom stereocenters. The van der Waals surface area contributed by atoms with Crippen molar-refractivity contribution < 1.29 is 9.47 Å². The maximum absolute atomic E-state index is 6.28. The van der Waals surface area contributed by atoms with Gasteiger partial charge in [0.15, 0.2) is 0 Å². The first-order chi connectivity index (χ1) is 10.1. The van der Waals surface area contributed by atoms with Crippen LogP contribution in [0.3, 0.4) is 0 Å². The second kappa shape index (κ2) is 6.55. The molecule has 1 aromatic rings. The van der Waals surface area contributed by atoms with Crippen molar-refractivity contribution in [2.24, 2.45) is 5.73 Å². The van der Waals surface area contributed by atoms with Crippen LogP contribution >= 0.6 is 35.0 Å². The van der Waals surface area contributed by atoms with Crippen LogP contribution in [0.4, 0.5) is 0 Å². The first-order valence-electron chi connectivity index (χ1n) is 7.18. The van der Waals surface area contributed by atoms with E-state index in [0.29, 0.717) is 22.3 Å². The van der Waals surface area contributed by atoms with Crippen LogP contribution < -0.4 is 10.5 Å². The number of halogens is 2. The molecule has 2 atom stereocenters. The van der Waals surface area contributed by atoms with Gasteiger partial charge in [-0.3, -0.25) is 0 Å². The highest BCUT2D eigenvalue weighted by Gasteiger charge is 2.41. The lowest BCUT2D eigenvalue weighted by Crippen LogP contribution is -2.44. The molecule has 1 aromatic carbocycles. The molecule has 3 rings (SSSR count). The van der Waals surface area contributed by atoms with Gasteiger partial charge in [-0.1, -0.05) is 23.2 Å². The van der Waals surface area contributed by atoms with Gasteiger partial charge < -0.3 is 15.2 Å². The molecule has 0 radical (unpaired) electrons. The molecule has 0 aliphatic carbocycles. The zero-order valence-corrected chi connectivity index (χ0v) is 14.1. The van der Waals surface area contributed by atoms with Crippen molar-refractivity contribution in [3.63, 3.8) is 0 Å². The molecule has 0 bridgehead atoms. The van der Waals surface area contributed by atoms with Crippen LogP contribution in [0.2, 0.25) is 10.0 Å². The standard InChI is InChI=1S/C15H19Cl2NO2S/c16-11-5-10(8-18)14(13(17)6-11)20-12-1-3-19-15(7-12)2-4-21-9-15/h5-6,12H,1-4,7-9,18H2. The normalized spacial score (nSPS) is 29.0. The van der Waals surface area contributed by atoms with Crippen LogP contribution in [0.5, 0.6) is 5.75 Å². The third-order valence-electron chi connectivity index (χ3n) is 4.10. The molecule has 2 fully saturated rings. The Kier molecular flexibility index (Phi) is 4.91. The Hall–Kier alpha value is -0.130. The van der Waals surface area contributed by atoms with Gasteiger partial charge in [0.25, 0.3) is 0 Å². The molecule has 2 saturated heterocycles. The van der Waals surface area contributed by atoms with Gasteiger partial charge >= 0.3 is 0 Å². The summed E-state index contributed by atoms with van der Waals surface area (Å²) in [5.74, 6) is 2.91. The summed E-state index contributed by atoms with van der Waals surface area (Å²) >= 11 is 14.3. The van der Waals surface area contributed by atoms with E-state index in [9.17, 15) is 0 Å². The van der Waals surface area contributed by atoms with E-state index >= 15 is 0 Å². The predicted octanol–water partition coefficient (Wildman–Crippen LogP) is 3.89. The van der Waals surface area contributed by atoms with E-state index in [1.54, 1.807) is 6.07 Å². The molecule has 116 valence electrons. The van der Waals surface area contributed by atoms with Gasteiger partial charge in [0.2, 0.25) is 0 Å². The number of hydrogen-bond acceptors (Lipinski definition) is 4. The van der Waals surface area contributed by atoms with Gasteiger partial charge in [0.05, 0.1) is 17.2 Å². The minimum Gasteiger partial charge on any atom is -0.488 e. The van der Waals surface area contributed by atoms with Crippen molar-refractivity contribution in [2.45, 2.75) is 37.5 Å². The Balaban J connectivity index is 1.77. The van der Waals surface area contributed by atoms with Gasteiger partial charge in [0.1, 0.15) is 11.9 Å². The van der Waals surface area contributed by atoms with Gasteiger partial charge in [-0.25, -0.2) is 0 Å². The third-order valence-corrected chi connectivity index (χ3v) is 5.83. The molecule has 2 heterocycles. The van der Waals surface area contributed by atoms with Gasteiger partial charge in [0, 0.05) is 35.7 Å². The van der Waals surface area contributed by atoms with Gasteiger partial charge in [-0.15, -0.1) is 0 Å². The summed E-state index contributed by atoms with van der Waals surface area (Å²) < 4.78 is 12.2. The zero-order valence-electron chi connectivity index (χ0n) is 11.7. The molecule has 0 aromatic heterocycles. The highest BCUT2D eigenvalue weighted by molar-refractivity contribution is 7.99. The molecule has 0 amide bonds. The van der Waals surface area contributed by atoms with E-state index in [1.807, 2.05) is 17.8 Å². The van der Waals surface area contributed by atoms with Crippen molar-refractivity contribution in [3.8, 4) is 5.75 Å². The number of rotatable bonds is 3. The maximum Gasteiger partial charge on any atom is 0.142 e. The summed E-state index contributed by atoms with van der Waals surface area (Å²) in [4.78, 5) is 0. The minimum absolute atomic E-state index is 0.00460. The smallest absolute Gasteiger partial charge is 0.142 e. The number of hydrogen-bond donors (Lipinski definition) is 1. The van der Waals surface area contributed by atoms with E-state index in [-0.39, 0.29) is 11.7 Å². The lowest BCUT2D eigenvalue weighted by molar-refractivity contribution is -0.0960. The van der Waals surface area contributed by atoms with E-state index in [0.717, 1.165) is 37.2 Å². The summed E-state index contributed by atoms with van der Waals surface area (Å²) in [5, 5.41) is 1.12. The lowest BCUT2D eigenvalue weighted by Gasteiger charge is -2.38. The van der Waals surface area contributed by atoms with E-state index in [4.69, 9.17) is 38.4 Å². The van der Waals surface area contributed by atoms with Crippen LogP contribution in [-0.4, -0.2) is 29.8 Å². The number of nitrogens with two attached hydrogens (primary N) is 1. The third kappa shape index (κ3) is 3.45. The minimum atomic E-state index is -0.00460. The van der Waals surface area contributed by atoms with Crippen molar-refractivity contribution in [1.29, 1.82) is 0 Å². The van der Waals surface area contributed by atoms with Crippen molar-refractivity contribution in [1.82, 2.24) is 0 Å². The highest BCUT2D eigenvalue weighted by Crippen LogP contribution is 2.41. The second-order valence-electron chi connectivity index (χ2n) is 5.65. The SMILES string of the molecule is NCc1cc(Cl)cc(Cl)c1OC1CCOC2(CCSC2)C1. The van der Waals surface area contributed by atoms with E-state index in [1.165, 1.54) is 5.75 Å². The molecule has 2 aliphatic rings. The molecule has 1 spiro atoms. The summed E-state index contributed by atoms with van der Waals surface area (Å²) in [6.07, 6.45) is 3.04. The fourth-order valence-electron chi connectivity index (χ4n) is 3.01. The van der Waals surface area contributed by atoms with Gasteiger partial charge in [-0.2, -0.15) is 11.8 Å². The Morgan fingerprint density at radius 1 is 1.43 bits per heavy atom. The van der Waals surface area contributed by atoms with Crippen LogP contribution in [-0.2, 0) is 11.3 Å². The summed E-state index contributed by atoms with van der Waals surface area (Å²) in [6.45, 7) is 1.11. The van der Waals surface area contributed by atoms with Crippen LogP contribution in [0.15, 0.2) is 12.1 Å². The largest absolute Gasteiger partial charge is 0.488 e. The topological polar surface area (TPSA) is 44.5 Å². The van der Waals surface area contributed by atoms with Gasteiger partial charge in [-0.05, 0) is 24.3 Å². The molecular formula is C15H19Cl2NO2S. The number of benzene rings is 1. The summed E-state index contributed by atoms with van der Waals surface area (Å²) in [7, 11) is 0. The Morgan fingerprint density at radius 3 is 3.00 bits per heavy atom. The number of thioether (sulfide) groups is 1.